The minimum absolute atomic E-state index is 0.0273. The average Bonchev–Trinajstić information content (AvgIpc) is 2.25. The lowest BCUT2D eigenvalue weighted by Gasteiger charge is -2.00. The van der Waals surface area contributed by atoms with E-state index in [0.29, 0.717) is 0 Å². The second-order valence-electron chi connectivity index (χ2n) is 3.28. The molecule has 0 aliphatic rings. The Labute approximate surface area is 92.8 Å². The molecule has 84 valence electrons. The zero-order valence-corrected chi connectivity index (χ0v) is 8.59. The molecule has 0 aliphatic carbocycles. The van der Waals surface area contributed by atoms with Crippen molar-refractivity contribution in [2.24, 2.45) is 0 Å². The van der Waals surface area contributed by atoms with Gasteiger partial charge in [0.15, 0.2) is 0 Å². The van der Waals surface area contributed by atoms with Gasteiger partial charge in [0.05, 0.1) is 0 Å². The summed E-state index contributed by atoms with van der Waals surface area (Å²) in [5.74, 6) is -2.08. The monoisotopic (exact) mass is 220 g/mol. The van der Waals surface area contributed by atoms with Crippen LogP contribution in [0.3, 0.4) is 0 Å². The van der Waals surface area contributed by atoms with Gasteiger partial charge in [0.2, 0.25) is 0 Å². The van der Waals surface area contributed by atoms with Crippen LogP contribution in [0.25, 0.3) is 6.08 Å². The minimum atomic E-state index is -1.08. The van der Waals surface area contributed by atoms with Crippen LogP contribution >= 0.6 is 0 Å². The van der Waals surface area contributed by atoms with E-state index in [1.807, 2.05) is 6.07 Å². The van der Waals surface area contributed by atoms with Gasteiger partial charge in [0.25, 0.3) is 0 Å². The predicted octanol–water partition coefficient (Wildman–Crippen LogP) is 2.02. The Balaban J connectivity index is 2.81. The normalized spacial score (nSPS) is 11.1. The molecular weight excluding hydrogens is 208 g/mol. The van der Waals surface area contributed by atoms with Crippen LogP contribution in [0.1, 0.15) is 18.4 Å². The van der Waals surface area contributed by atoms with E-state index in [1.54, 1.807) is 24.3 Å². The first-order valence-electron chi connectivity index (χ1n) is 4.80. The maximum atomic E-state index is 10.9. The number of rotatable bonds is 5. The molecule has 1 aromatic rings. The highest BCUT2D eigenvalue weighted by Crippen LogP contribution is 2.11. The summed E-state index contributed by atoms with van der Waals surface area (Å²) in [6.45, 7) is 0. The molecular formula is C12H12O4. The van der Waals surface area contributed by atoms with Gasteiger partial charge in [0.1, 0.15) is 0 Å². The molecule has 0 heterocycles. The first-order chi connectivity index (χ1) is 7.59. The van der Waals surface area contributed by atoms with Gasteiger partial charge in [-0.25, -0.2) is 4.79 Å². The molecule has 0 radical (unpaired) electrons. The molecule has 16 heavy (non-hydrogen) atoms. The van der Waals surface area contributed by atoms with Gasteiger partial charge in [-0.1, -0.05) is 30.3 Å². The lowest BCUT2D eigenvalue weighted by molar-refractivity contribution is -0.137. The number of carbonyl (C=O) groups is 2. The average molecular weight is 220 g/mol. The fourth-order valence-electron chi connectivity index (χ4n) is 1.23. The van der Waals surface area contributed by atoms with Crippen molar-refractivity contribution in [3.8, 4) is 0 Å². The molecule has 0 amide bonds. The molecule has 1 aromatic carbocycles. The van der Waals surface area contributed by atoms with Gasteiger partial charge >= 0.3 is 11.9 Å². The van der Waals surface area contributed by atoms with E-state index < -0.39 is 11.9 Å². The molecule has 0 unspecified atom stereocenters. The Kier molecular flexibility index (Phi) is 4.27. The molecule has 0 atom stereocenters. The third kappa shape index (κ3) is 3.96. The number of hydrogen-bond acceptors (Lipinski definition) is 2. The molecule has 4 nitrogen and oxygen atoms in total. The van der Waals surface area contributed by atoms with E-state index in [9.17, 15) is 9.59 Å². The Bertz CT molecular complexity index is 406. The molecule has 0 spiro atoms. The van der Waals surface area contributed by atoms with E-state index in [1.165, 1.54) is 6.08 Å². The maximum absolute atomic E-state index is 10.9. The SMILES string of the molecule is O=C(O)CC/C(=C\c1ccccc1)C(=O)O. The summed E-state index contributed by atoms with van der Waals surface area (Å²) in [5, 5.41) is 17.4. The van der Waals surface area contributed by atoms with Crippen LogP contribution in [0.2, 0.25) is 0 Å². The first kappa shape index (κ1) is 12.0. The molecule has 4 heteroatoms. The Morgan fingerprint density at radius 2 is 1.69 bits per heavy atom. The molecule has 0 bridgehead atoms. The van der Waals surface area contributed by atoms with Crippen LogP contribution in [0, 0.1) is 0 Å². The standard InChI is InChI=1S/C12H12O4/c13-11(14)7-6-10(12(15)16)8-9-4-2-1-3-5-9/h1-5,8H,6-7H2,(H,13,14)(H,15,16)/b10-8+. The van der Waals surface area contributed by atoms with E-state index in [2.05, 4.69) is 0 Å². The van der Waals surface area contributed by atoms with Crippen molar-refractivity contribution >= 4 is 18.0 Å². The van der Waals surface area contributed by atoms with Gasteiger partial charge in [-0.2, -0.15) is 0 Å². The second kappa shape index (κ2) is 5.70. The van der Waals surface area contributed by atoms with Gasteiger partial charge < -0.3 is 10.2 Å². The molecule has 0 saturated heterocycles. The highest BCUT2D eigenvalue weighted by molar-refractivity contribution is 5.92. The lowest BCUT2D eigenvalue weighted by atomic mass is 10.1. The topological polar surface area (TPSA) is 74.6 Å². The number of carboxylic acids is 2. The van der Waals surface area contributed by atoms with Crippen molar-refractivity contribution < 1.29 is 19.8 Å². The summed E-state index contributed by atoms with van der Waals surface area (Å²) in [4.78, 5) is 21.2. The smallest absolute Gasteiger partial charge is 0.331 e. The van der Waals surface area contributed by atoms with Gasteiger partial charge in [0, 0.05) is 12.0 Å². The quantitative estimate of drug-likeness (QED) is 0.744. The summed E-state index contributed by atoms with van der Waals surface area (Å²) in [7, 11) is 0. The summed E-state index contributed by atoms with van der Waals surface area (Å²) < 4.78 is 0. The number of benzene rings is 1. The summed E-state index contributed by atoms with van der Waals surface area (Å²) in [5.41, 5.74) is 0.860. The molecule has 2 N–H and O–H groups in total. The van der Waals surface area contributed by atoms with Crippen LogP contribution in [-0.4, -0.2) is 22.2 Å². The lowest BCUT2D eigenvalue weighted by Crippen LogP contribution is -2.03. The van der Waals surface area contributed by atoms with E-state index in [0.717, 1.165) is 5.56 Å². The van der Waals surface area contributed by atoms with Gasteiger partial charge in [-0.3, -0.25) is 4.79 Å². The third-order valence-corrected chi connectivity index (χ3v) is 2.02. The van der Waals surface area contributed by atoms with Crippen LogP contribution in [0.4, 0.5) is 0 Å². The summed E-state index contributed by atoms with van der Waals surface area (Å²) in [6.07, 6.45) is 1.34. The van der Waals surface area contributed by atoms with Crippen LogP contribution in [0.5, 0.6) is 0 Å². The van der Waals surface area contributed by atoms with Crippen molar-refractivity contribution in [1.82, 2.24) is 0 Å². The highest BCUT2D eigenvalue weighted by Gasteiger charge is 2.09. The minimum Gasteiger partial charge on any atom is -0.481 e. The molecule has 0 fully saturated rings. The number of hydrogen-bond donors (Lipinski definition) is 2. The molecule has 0 aliphatic heterocycles. The molecule has 1 rings (SSSR count). The van der Waals surface area contributed by atoms with Crippen molar-refractivity contribution in [2.45, 2.75) is 12.8 Å². The van der Waals surface area contributed by atoms with E-state index >= 15 is 0 Å². The second-order valence-corrected chi connectivity index (χ2v) is 3.28. The van der Waals surface area contributed by atoms with Crippen molar-refractivity contribution in [2.75, 3.05) is 0 Å². The Morgan fingerprint density at radius 3 is 2.19 bits per heavy atom. The summed E-state index contributed by atoms with van der Waals surface area (Å²) in [6, 6.07) is 8.95. The largest absolute Gasteiger partial charge is 0.481 e. The number of aliphatic carboxylic acids is 2. The van der Waals surface area contributed by atoms with Crippen molar-refractivity contribution in [3.05, 3.63) is 41.5 Å². The zero-order chi connectivity index (χ0) is 12.0. The van der Waals surface area contributed by atoms with Crippen LogP contribution in [-0.2, 0) is 9.59 Å². The Hall–Kier alpha value is -2.10. The highest BCUT2D eigenvalue weighted by atomic mass is 16.4. The Morgan fingerprint density at radius 1 is 1.06 bits per heavy atom. The third-order valence-electron chi connectivity index (χ3n) is 2.02. The van der Waals surface area contributed by atoms with Crippen LogP contribution in [0.15, 0.2) is 35.9 Å². The van der Waals surface area contributed by atoms with Crippen molar-refractivity contribution in [1.29, 1.82) is 0 Å². The van der Waals surface area contributed by atoms with E-state index in [-0.39, 0.29) is 18.4 Å². The van der Waals surface area contributed by atoms with E-state index in [4.69, 9.17) is 10.2 Å². The molecule has 0 aromatic heterocycles. The fourth-order valence-corrected chi connectivity index (χ4v) is 1.23. The van der Waals surface area contributed by atoms with Gasteiger partial charge in [-0.05, 0) is 18.1 Å². The molecule has 0 saturated carbocycles. The first-order valence-corrected chi connectivity index (χ1v) is 4.80. The zero-order valence-electron chi connectivity index (χ0n) is 8.59. The predicted molar refractivity (Wildman–Crippen MR) is 58.9 cm³/mol. The van der Waals surface area contributed by atoms with Gasteiger partial charge in [-0.15, -0.1) is 0 Å². The fraction of sp³-hybridized carbons (Fsp3) is 0.167. The van der Waals surface area contributed by atoms with Crippen LogP contribution < -0.4 is 0 Å². The summed E-state index contributed by atoms with van der Waals surface area (Å²) >= 11 is 0. The number of carboxylic acid groups (broad SMARTS) is 2. The maximum Gasteiger partial charge on any atom is 0.331 e. The van der Waals surface area contributed by atoms with Crippen molar-refractivity contribution in [3.63, 3.8) is 0 Å².